The number of fused-ring (bicyclic) bond motifs is 1. The van der Waals surface area contributed by atoms with Gasteiger partial charge in [0.1, 0.15) is 19.2 Å². The Labute approximate surface area is 139 Å². The highest BCUT2D eigenvalue weighted by molar-refractivity contribution is 6.83. The normalized spacial score (nSPS) is 11.2. The molecule has 0 saturated carbocycles. The van der Waals surface area contributed by atoms with Crippen LogP contribution in [0.15, 0.2) is 27.4 Å². The second-order valence-corrected chi connectivity index (χ2v) is 11.5. The summed E-state index contributed by atoms with van der Waals surface area (Å²) in [5, 5.41) is 0.959. The maximum Gasteiger partial charge on any atom is 0.352 e. The number of rotatable bonds is 3. The summed E-state index contributed by atoms with van der Waals surface area (Å²) in [6.45, 7) is 14.5. The lowest BCUT2D eigenvalue weighted by molar-refractivity contribution is 0.557. The first-order valence-corrected chi connectivity index (χ1v) is 11.6. The van der Waals surface area contributed by atoms with E-state index < -0.39 is 8.07 Å². The molecule has 0 amide bonds. The van der Waals surface area contributed by atoms with Gasteiger partial charge >= 0.3 is 5.63 Å². The topological polar surface area (TPSA) is 33.5 Å². The first kappa shape index (κ1) is 17.4. The van der Waals surface area contributed by atoms with E-state index >= 15 is 0 Å². The van der Waals surface area contributed by atoms with Crippen LogP contribution in [0.5, 0.6) is 0 Å². The van der Waals surface area contributed by atoms with Crippen LogP contribution in [0.1, 0.15) is 25.0 Å². The van der Waals surface area contributed by atoms with Crippen molar-refractivity contribution in [3.8, 4) is 11.5 Å². The van der Waals surface area contributed by atoms with E-state index in [1.54, 1.807) is 0 Å². The van der Waals surface area contributed by atoms with Gasteiger partial charge in [0.05, 0.1) is 0 Å². The van der Waals surface area contributed by atoms with Gasteiger partial charge in [-0.3, -0.25) is 0 Å². The van der Waals surface area contributed by atoms with Gasteiger partial charge in [-0.05, 0) is 38.5 Å². The maximum absolute atomic E-state index is 12.3. The predicted octanol–water partition coefficient (Wildman–Crippen LogP) is 4.18. The zero-order valence-corrected chi connectivity index (χ0v) is 15.9. The number of nitrogens with zero attached hydrogens (tertiary/aromatic N) is 1. The molecule has 0 aliphatic carbocycles. The third-order valence-corrected chi connectivity index (χ3v) is 4.72. The van der Waals surface area contributed by atoms with Gasteiger partial charge < -0.3 is 9.32 Å². The van der Waals surface area contributed by atoms with Crippen molar-refractivity contribution >= 4 is 24.7 Å². The van der Waals surface area contributed by atoms with E-state index in [2.05, 4.69) is 55.9 Å². The van der Waals surface area contributed by atoms with Crippen LogP contribution < -0.4 is 10.5 Å². The summed E-state index contributed by atoms with van der Waals surface area (Å²) in [4.78, 5) is 14.6. The SMILES string of the molecule is CCN(CC)c1ccc2c(C)c(C#C[Si](C)(C)C)c(=O)oc2c1. The van der Waals surface area contributed by atoms with Crippen molar-refractivity contribution in [3.63, 3.8) is 0 Å². The van der Waals surface area contributed by atoms with Crippen LogP contribution in [-0.4, -0.2) is 21.2 Å². The molecule has 3 nitrogen and oxygen atoms in total. The predicted molar refractivity (Wildman–Crippen MR) is 101 cm³/mol. The van der Waals surface area contributed by atoms with Gasteiger partial charge in [-0.1, -0.05) is 25.6 Å². The van der Waals surface area contributed by atoms with Gasteiger partial charge in [-0.15, -0.1) is 5.54 Å². The van der Waals surface area contributed by atoms with E-state index in [1.165, 1.54) is 0 Å². The van der Waals surface area contributed by atoms with Gasteiger partial charge in [-0.25, -0.2) is 4.79 Å². The summed E-state index contributed by atoms with van der Waals surface area (Å²) in [5.41, 5.74) is 6.03. The fourth-order valence-electron chi connectivity index (χ4n) is 2.52. The van der Waals surface area contributed by atoms with E-state index in [1.807, 2.05) is 19.1 Å². The highest BCUT2D eigenvalue weighted by Gasteiger charge is 2.13. The maximum atomic E-state index is 12.3. The molecule has 2 rings (SSSR count). The lowest BCUT2D eigenvalue weighted by atomic mass is 10.1. The van der Waals surface area contributed by atoms with Crippen LogP contribution in [0.2, 0.25) is 19.6 Å². The molecule has 0 radical (unpaired) electrons. The van der Waals surface area contributed by atoms with Gasteiger partial charge in [-0.2, -0.15) is 0 Å². The molecular weight excluding hydrogens is 302 g/mol. The Bertz CT molecular complexity index is 831. The summed E-state index contributed by atoms with van der Waals surface area (Å²) in [7, 11) is -1.54. The minimum atomic E-state index is -1.54. The number of anilines is 1. The molecule has 2 aromatic rings. The Morgan fingerprint density at radius 1 is 1.17 bits per heavy atom. The second kappa shape index (κ2) is 6.63. The average molecular weight is 328 g/mol. The van der Waals surface area contributed by atoms with Gasteiger partial charge in [0.2, 0.25) is 0 Å². The molecule has 0 aliphatic rings. The van der Waals surface area contributed by atoms with E-state index in [9.17, 15) is 4.79 Å². The molecule has 122 valence electrons. The molecule has 4 heteroatoms. The van der Waals surface area contributed by atoms with Crippen LogP contribution in [-0.2, 0) is 0 Å². The monoisotopic (exact) mass is 327 g/mol. The minimum Gasteiger partial charge on any atom is -0.422 e. The fraction of sp³-hybridized carbons (Fsp3) is 0.421. The molecule has 0 spiro atoms. The summed E-state index contributed by atoms with van der Waals surface area (Å²) < 4.78 is 5.55. The minimum absolute atomic E-state index is 0.336. The molecule has 0 saturated heterocycles. The lowest BCUT2D eigenvalue weighted by Crippen LogP contribution is -2.21. The molecule has 0 atom stereocenters. The first-order chi connectivity index (χ1) is 10.8. The zero-order valence-electron chi connectivity index (χ0n) is 14.9. The third kappa shape index (κ3) is 3.86. The van der Waals surface area contributed by atoms with Crippen LogP contribution in [0.25, 0.3) is 11.0 Å². The molecule has 0 bridgehead atoms. The van der Waals surface area contributed by atoms with Crippen LogP contribution in [0.4, 0.5) is 5.69 Å². The van der Waals surface area contributed by atoms with Crippen LogP contribution >= 0.6 is 0 Å². The molecule has 0 unspecified atom stereocenters. The molecular formula is C19H25NO2Si. The number of hydrogen-bond acceptors (Lipinski definition) is 3. The Morgan fingerprint density at radius 2 is 1.83 bits per heavy atom. The molecule has 1 aromatic heterocycles. The summed E-state index contributed by atoms with van der Waals surface area (Å²) in [5.74, 6) is 3.07. The van der Waals surface area contributed by atoms with Crippen molar-refractivity contribution < 1.29 is 4.42 Å². The van der Waals surface area contributed by atoms with Crippen molar-refractivity contribution in [1.29, 1.82) is 0 Å². The molecule has 1 aromatic carbocycles. The largest absolute Gasteiger partial charge is 0.422 e. The average Bonchev–Trinajstić information content (AvgIpc) is 2.47. The van der Waals surface area contributed by atoms with E-state index in [4.69, 9.17) is 4.42 Å². The Morgan fingerprint density at radius 3 is 2.39 bits per heavy atom. The summed E-state index contributed by atoms with van der Waals surface area (Å²) >= 11 is 0. The van der Waals surface area contributed by atoms with Crippen molar-refractivity contribution in [2.24, 2.45) is 0 Å². The van der Waals surface area contributed by atoms with Gasteiger partial charge in [0.25, 0.3) is 0 Å². The van der Waals surface area contributed by atoms with Crippen molar-refractivity contribution in [2.75, 3.05) is 18.0 Å². The Kier molecular flexibility index (Phi) is 5.01. The summed E-state index contributed by atoms with van der Waals surface area (Å²) in [6, 6.07) is 6.06. The Balaban J connectivity index is 2.62. The highest BCUT2D eigenvalue weighted by Crippen LogP contribution is 2.24. The molecule has 23 heavy (non-hydrogen) atoms. The van der Waals surface area contributed by atoms with Crippen molar-refractivity contribution in [3.05, 3.63) is 39.7 Å². The van der Waals surface area contributed by atoms with Crippen LogP contribution in [0, 0.1) is 18.4 Å². The van der Waals surface area contributed by atoms with Gasteiger partial charge in [0.15, 0.2) is 0 Å². The Hall–Kier alpha value is -1.99. The number of hydrogen-bond donors (Lipinski definition) is 0. The first-order valence-electron chi connectivity index (χ1n) is 8.12. The van der Waals surface area contributed by atoms with E-state index in [0.717, 1.165) is 29.7 Å². The smallest absolute Gasteiger partial charge is 0.352 e. The highest BCUT2D eigenvalue weighted by atomic mass is 28.3. The lowest BCUT2D eigenvalue weighted by Gasteiger charge is -2.21. The third-order valence-electron chi connectivity index (χ3n) is 3.84. The van der Waals surface area contributed by atoms with Gasteiger partial charge in [0, 0.05) is 30.2 Å². The molecule has 0 fully saturated rings. The molecule has 0 aliphatic heterocycles. The van der Waals surface area contributed by atoms with Crippen molar-refractivity contribution in [2.45, 2.75) is 40.4 Å². The standard InChI is InChI=1S/C19H25NO2Si/c1-7-20(8-2)15-9-10-16-14(3)17(11-12-23(4,5)6)19(21)22-18(16)13-15/h9-10,13H,7-8H2,1-6H3. The zero-order chi connectivity index (χ0) is 17.2. The molecule has 0 N–H and O–H groups in total. The molecule has 1 heterocycles. The number of benzene rings is 1. The summed E-state index contributed by atoms with van der Waals surface area (Å²) in [6.07, 6.45) is 0. The fourth-order valence-corrected chi connectivity index (χ4v) is 3.02. The quantitative estimate of drug-likeness (QED) is 0.482. The number of aryl methyl sites for hydroxylation is 1. The van der Waals surface area contributed by atoms with Crippen LogP contribution in [0.3, 0.4) is 0 Å². The van der Waals surface area contributed by atoms with Crippen molar-refractivity contribution in [1.82, 2.24) is 0 Å². The second-order valence-electron chi connectivity index (χ2n) is 6.74. The van der Waals surface area contributed by atoms with E-state index in [-0.39, 0.29) is 5.63 Å². The van der Waals surface area contributed by atoms with E-state index in [0.29, 0.717) is 11.1 Å².